The van der Waals surface area contributed by atoms with Crippen LogP contribution in [-0.4, -0.2) is 15.0 Å². The first-order valence-corrected chi connectivity index (χ1v) is 3.75. The van der Waals surface area contributed by atoms with Crippen LogP contribution in [0.5, 0.6) is 5.88 Å². The van der Waals surface area contributed by atoms with Crippen molar-refractivity contribution in [3.63, 3.8) is 0 Å². The fourth-order valence-corrected chi connectivity index (χ4v) is 1.31. The summed E-state index contributed by atoms with van der Waals surface area (Å²) >= 11 is 5.69. The standard InChI is InChI=1S/C8H6ClNO2/c9-6-2-1-5-3-8(11)10(12)7(5)4-6/h1-4,11-12H. The molecule has 0 radical (unpaired) electrons. The normalized spacial score (nSPS) is 10.8. The summed E-state index contributed by atoms with van der Waals surface area (Å²) in [6.45, 7) is 0. The van der Waals surface area contributed by atoms with Gasteiger partial charge in [-0.2, -0.15) is 4.73 Å². The van der Waals surface area contributed by atoms with E-state index in [9.17, 15) is 5.21 Å². The molecule has 4 heteroatoms. The van der Waals surface area contributed by atoms with Crippen LogP contribution in [-0.2, 0) is 0 Å². The Balaban J connectivity index is 2.88. The molecule has 1 heterocycles. The van der Waals surface area contributed by atoms with Gasteiger partial charge in [0.15, 0.2) is 0 Å². The smallest absolute Gasteiger partial charge is 0.225 e. The van der Waals surface area contributed by atoms with Crippen LogP contribution in [0.3, 0.4) is 0 Å². The van der Waals surface area contributed by atoms with Gasteiger partial charge in [0.25, 0.3) is 0 Å². The third kappa shape index (κ3) is 0.905. The third-order valence-electron chi connectivity index (χ3n) is 1.72. The molecule has 0 bridgehead atoms. The number of fused-ring (bicyclic) bond motifs is 1. The second kappa shape index (κ2) is 2.32. The van der Waals surface area contributed by atoms with Crippen molar-refractivity contribution in [2.24, 2.45) is 0 Å². The van der Waals surface area contributed by atoms with Crippen LogP contribution in [0.25, 0.3) is 10.9 Å². The molecule has 3 nitrogen and oxygen atoms in total. The summed E-state index contributed by atoms with van der Waals surface area (Å²) in [5.41, 5.74) is 0.500. The van der Waals surface area contributed by atoms with E-state index < -0.39 is 0 Å². The average molecular weight is 184 g/mol. The Hall–Kier alpha value is -1.35. The van der Waals surface area contributed by atoms with E-state index in [1.807, 2.05) is 0 Å². The minimum atomic E-state index is -0.188. The predicted octanol–water partition coefficient (Wildman–Crippen LogP) is 2.24. The quantitative estimate of drug-likeness (QED) is 0.616. The van der Waals surface area contributed by atoms with Gasteiger partial charge in [0.2, 0.25) is 5.88 Å². The molecule has 0 saturated carbocycles. The number of halogens is 1. The summed E-state index contributed by atoms with van der Waals surface area (Å²) in [6, 6.07) is 6.47. The molecule has 2 aromatic rings. The minimum absolute atomic E-state index is 0.188. The zero-order valence-electron chi connectivity index (χ0n) is 6.03. The van der Waals surface area contributed by atoms with Crippen LogP contribution in [0.15, 0.2) is 24.3 Å². The molecule has 1 aromatic heterocycles. The molecule has 0 aliphatic heterocycles. The Kier molecular flexibility index (Phi) is 1.41. The van der Waals surface area contributed by atoms with E-state index in [-0.39, 0.29) is 5.88 Å². The van der Waals surface area contributed by atoms with Gasteiger partial charge in [0, 0.05) is 16.5 Å². The Labute approximate surface area is 73.4 Å². The molecule has 0 aliphatic carbocycles. The molecule has 1 aromatic carbocycles. The molecule has 0 aliphatic rings. The Bertz CT molecular complexity index is 436. The highest BCUT2D eigenvalue weighted by Gasteiger charge is 2.05. The summed E-state index contributed by atoms with van der Waals surface area (Å²) in [5.74, 6) is -0.188. The van der Waals surface area contributed by atoms with Gasteiger partial charge < -0.3 is 10.3 Å². The van der Waals surface area contributed by atoms with E-state index in [4.69, 9.17) is 16.7 Å². The molecule has 0 fully saturated rings. The number of aromatic hydroxyl groups is 1. The second-order valence-electron chi connectivity index (χ2n) is 2.52. The van der Waals surface area contributed by atoms with Gasteiger partial charge in [-0.15, -0.1) is 0 Å². The van der Waals surface area contributed by atoms with Crippen molar-refractivity contribution in [2.75, 3.05) is 0 Å². The summed E-state index contributed by atoms with van der Waals surface area (Å²) in [7, 11) is 0. The monoisotopic (exact) mass is 183 g/mol. The molecule has 62 valence electrons. The van der Waals surface area contributed by atoms with Gasteiger partial charge in [-0.25, -0.2) is 0 Å². The number of nitrogens with zero attached hydrogens (tertiary/aromatic N) is 1. The summed E-state index contributed by atoms with van der Waals surface area (Å²) < 4.78 is 0.696. The van der Waals surface area contributed by atoms with Crippen molar-refractivity contribution in [3.05, 3.63) is 29.3 Å². The van der Waals surface area contributed by atoms with Crippen molar-refractivity contribution in [1.82, 2.24) is 4.73 Å². The zero-order valence-corrected chi connectivity index (χ0v) is 6.78. The maximum Gasteiger partial charge on any atom is 0.225 e. The van der Waals surface area contributed by atoms with Crippen LogP contribution in [0.1, 0.15) is 0 Å². The third-order valence-corrected chi connectivity index (χ3v) is 1.96. The number of aromatic nitrogens is 1. The van der Waals surface area contributed by atoms with Crippen LogP contribution in [0, 0.1) is 0 Å². The second-order valence-corrected chi connectivity index (χ2v) is 2.95. The lowest BCUT2D eigenvalue weighted by Crippen LogP contribution is -1.86. The van der Waals surface area contributed by atoms with Gasteiger partial charge in [-0.1, -0.05) is 17.7 Å². The maximum atomic E-state index is 9.23. The van der Waals surface area contributed by atoms with Crippen molar-refractivity contribution in [3.8, 4) is 5.88 Å². The van der Waals surface area contributed by atoms with Gasteiger partial charge >= 0.3 is 0 Å². The fraction of sp³-hybridized carbons (Fsp3) is 0. The van der Waals surface area contributed by atoms with Crippen LogP contribution in [0.2, 0.25) is 5.02 Å². The highest BCUT2D eigenvalue weighted by Crippen LogP contribution is 2.25. The van der Waals surface area contributed by atoms with E-state index in [1.54, 1.807) is 18.2 Å². The van der Waals surface area contributed by atoms with Crippen LogP contribution < -0.4 is 0 Å². The summed E-state index contributed by atoms with van der Waals surface area (Å²) in [5, 5.41) is 19.6. The minimum Gasteiger partial charge on any atom is -0.492 e. The number of hydrogen-bond acceptors (Lipinski definition) is 2. The molecule has 12 heavy (non-hydrogen) atoms. The molecule has 0 spiro atoms. The van der Waals surface area contributed by atoms with Crippen LogP contribution >= 0.6 is 11.6 Å². The lowest BCUT2D eigenvalue weighted by Gasteiger charge is -1.95. The fourth-order valence-electron chi connectivity index (χ4n) is 1.15. The Morgan fingerprint density at radius 1 is 1.25 bits per heavy atom. The Morgan fingerprint density at radius 3 is 2.75 bits per heavy atom. The maximum absolute atomic E-state index is 9.23. The molecule has 0 amide bonds. The molecule has 0 unspecified atom stereocenters. The lowest BCUT2D eigenvalue weighted by molar-refractivity contribution is 0.167. The predicted molar refractivity (Wildman–Crippen MR) is 45.8 cm³/mol. The highest BCUT2D eigenvalue weighted by atomic mass is 35.5. The largest absolute Gasteiger partial charge is 0.492 e. The van der Waals surface area contributed by atoms with Crippen molar-refractivity contribution >= 4 is 22.5 Å². The van der Waals surface area contributed by atoms with Crippen molar-refractivity contribution in [1.29, 1.82) is 0 Å². The molecular weight excluding hydrogens is 178 g/mol. The molecule has 0 saturated heterocycles. The topological polar surface area (TPSA) is 45.4 Å². The van der Waals surface area contributed by atoms with Gasteiger partial charge in [-0.3, -0.25) is 0 Å². The molecule has 2 N–H and O–H groups in total. The van der Waals surface area contributed by atoms with E-state index in [2.05, 4.69) is 0 Å². The SMILES string of the molecule is Oc1cc2ccc(Cl)cc2n1O. The molecular formula is C8H6ClNO2. The van der Waals surface area contributed by atoms with Crippen molar-refractivity contribution < 1.29 is 10.3 Å². The summed E-state index contributed by atoms with van der Waals surface area (Å²) in [6.07, 6.45) is 0. The number of rotatable bonds is 0. The van der Waals surface area contributed by atoms with Gasteiger partial charge in [0.05, 0.1) is 5.52 Å². The van der Waals surface area contributed by atoms with E-state index in [0.29, 0.717) is 15.3 Å². The first-order valence-electron chi connectivity index (χ1n) is 3.38. The Morgan fingerprint density at radius 2 is 2.00 bits per heavy atom. The average Bonchev–Trinajstić information content (AvgIpc) is 2.31. The molecule has 0 atom stereocenters. The highest BCUT2D eigenvalue weighted by molar-refractivity contribution is 6.31. The van der Waals surface area contributed by atoms with Gasteiger partial charge in [-0.05, 0) is 12.1 Å². The first-order chi connectivity index (χ1) is 5.68. The number of hydrogen-bond donors (Lipinski definition) is 2. The lowest BCUT2D eigenvalue weighted by atomic mass is 10.2. The van der Waals surface area contributed by atoms with E-state index in [1.165, 1.54) is 6.07 Å². The molecule has 2 rings (SSSR count). The zero-order chi connectivity index (χ0) is 8.72. The summed E-state index contributed by atoms with van der Waals surface area (Å²) in [4.78, 5) is 0. The van der Waals surface area contributed by atoms with Gasteiger partial charge in [0.1, 0.15) is 0 Å². The number of benzene rings is 1. The van der Waals surface area contributed by atoms with Crippen LogP contribution in [0.4, 0.5) is 0 Å². The van der Waals surface area contributed by atoms with E-state index >= 15 is 0 Å². The van der Waals surface area contributed by atoms with Crippen molar-refractivity contribution in [2.45, 2.75) is 0 Å². The van der Waals surface area contributed by atoms with E-state index in [0.717, 1.165) is 5.39 Å². The first kappa shape index (κ1) is 7.31.